The normalized spacial score (nSPS) is 17.9. The molecule has 1 aliphatic rings. The standard InChI is InChI=1S/C12H14ClN3OS/c1-14-12(18)15-7-10-6-11(16-17-10)8-2-4-9(13)5-3-8/h2-6,10,16H,7H2,1H3,(H2,14,15,18). The summed E-state index contributed by atoms with van der Waals surface area (Å²) in [5.41, 5.74) is 4.88. The molecule has 1 aromatic rings. The molecule has 0 bridgehead atoms. The molecule has 2 rings (SSSR count). The van der Waals surface area contributed by atoms with Crippen LogP contribution in [0.15, 0.2) is 30.3 Å². The number of nitrogens with one attached hydrogen (secondary N) is 3. The molecule has 1 aromatic carbocycles. The summed E-state index contributed by atoms with van der Waals surface area (Å²) in [5, 5.41) is 7.21. The van der Waals surface area contributed by atoms with Crippen molar-refractivity contribution < 1.29 is 4.84 Å². The Morgan fingerprint density at radius 3 is 2.83 bits per heavy atom. The average Bonchev–Trinajstić information content (AvgIpc) is 2.85. The van der Waals surface area contributed by atoms with Crippen molar-refractivity contribution in [2.75, 3.05) is 13.6 Å². The lowest BCUT2D eigenvalue weighted by atomic mass is 10.1. The summed E-state index contributed by atoms with van der Waals surface area (Å²) in [7, 11) is 1.78. The number of hydroxylamine groups is 1. The van der Waals surface area contributed by atoms with Crippen LogP contribution < -0.4 is 16.1 Å². The number of thiocarbonyl (C=S) groups is 1. The smallest absolute Gasteiger partial charge is 0.166 e. The fourth-order valence-electron chi connectivity index (χ4n) is 1.56. The molecule has 0 aromatic heterocycles. The van der Waals surface area contributed by atoms with Gasteiger partial charge in [-0.3, -0.25) is 10.3 Å². The Morgan fingerprint density at radius 2 is 2.17 bits per heavy atom. The van der Waals surface area contributed by atoms with Crippen molar-refractivity contribution in [1.82, 2.24) is 16.1 Å². The van der Waals surface area contributed by atoms with E-state index in [4.69, 9.17) is 28.7 Å². The number of hydrogen-bond donors (Lipinski definition) is 3. The lowest BCUT2D eigenvalue weighted by molar-refractivity contribution is 0.0542. The van der Waals surface area contributed by atoms with Gasteiger partial charge in [-0.15, -0.1) is 0 Å². The van der Waals surface area contributed by atoms with Crippen molar-refractivity contribution in [1.29, 1.82) is 0 Å². The van der Waals surface area contributed by atoms with Crippen molar-refractivity contribution in [3.05, 3.63) is 40.9 Å². The van der Waals surface area contributed by atoms with Gasteiger partial charge in [-0.25, -0.2) is 0 Å². The van der Waals surface area contributed by atoms with Gasteiger partial charge in [0, 0.05) is 18.6 Å². The monoisotopic (exact) mass is 283 g/mol. The van der Waals surface area contributed by atoms with E-state index in [1.807, 2.05) is 30.3 Å². The third kappa shape index (κ3) is 3.35. The lowest BCUT2D eigenvalue weighted by Gasteiger charge is -2.10. The van der Waals surface area contributed by atoms with Crippen LogP contribution in [0.3, 0.4) is 0 Å². The van der Waals surface area contributed by atoms with Gasteiger partial charge in [-0.2, -0.15) is 0 Å². The highest BCUT2D eigenvalue weighted by molar-refractivity contribution is 7.80. The molecule has 18 heavy (non-hydrogen) atoms. The van der Waals surface area contributed by atoms with Crippen LogP contribution in [0.2, 0.25) is 5.02 Å². The van der Waals surface area contributed by atoms with Crippen LogP contribution in [-0.2, 0) is 4.84 Å². The average molecular weight is 284 g/mol. The molecular weight excluding hydrogens is 270 g/mol. The van der Waals surface area contributed by atoms with E-state index < -0.39 is 0 Å². The zero-order valence-electron chi connectivity index (χ0n) is 9.87. The van der Waals surface area contributed by atoms with Gasteiger partial charge in [0.15, 0.2) is 5.11 Å². The minimum Gasteiger partial charge on any atom is -0.366 e. The highest BCUT2D eigenvalue weighted by Gasteiger charge is 2.17. The summed E-state index contributed by atoms with van der Waals surface area (Å²) < 4.78 is 0. The molecule has 0 radical (unpaired) electrons. The van der Waals surface area contributed by atoms with Gasteiger partial charge in [-0.05, 0) is 36.0 Å². The van der Waals surface area contributed by atoms with E-state index in [0.717, 1.165) is 16.3 Å². The van der Waals surface area contributed by atoms with Gasteiger partial charge < -0.3 is 10.6 Å². The predicted octanol–water partition coefficient (Wildman–Crippen LogP) is 1.68. The van der Waals surface area contributed by atoms with Gasteiger partial charge in [0.25, 0.3) is 0 Å². The quantitative estimate of drug-likeness (QED) is 0.737. The van der Waals surface area contributed by atoms with Crippen LogP contribution in [0.1, 0.15) is 5.56 Å². The van der Waals surface area contributed by atoms with E-state index in [2.05, 4.69) is 16.1 Å². The molecule has 1 atom stereocenters. The van der Waals surface area contributed by atoms with Gasteiger partial charge in [0.2, 0.25) is 0 Å². The van der Waals surface area contributed by atoms with Crippen molar-refractivity contribution >= 4 is 34.6 Å². The van der Waals surface area contributed by atoms with Gasteiger partial charge in [-0.1, -0.05) is 23.7 Å². The Hall–Kier alpha value is -1.30. The molecule has 1 unspecified atom stereocenters. The fraction of sp³-hybridized carbons (Fsp3) is 0.250. The maximum atomic E-state index is 5.85. The zero-order chi connectivity index (χ0) is 13.0. The van der Waals surface area contributed by atoms with E-state index in [9.17, 15) is 0 Å². The van der Waals surface area contributed by atoms with Gasteiger partial charge in [0.1, 0.15) is 6.10 Å². The Kier molecular flexibility index (Phi) is 4.41. The molecular formula is C12H14ClN3OS. The molecule has 3 N–H and O–H groups in total. The van der Waals surface area contributed by atoms with E-state index >= 15 is 0 Å². The van der Waals surface area contributed by atoms with Crippen LogP contribution in [-0.4, -0.2) is 24.8 Å². The maximum Gasteiger partial charge on any atom is 0.166 e. The molecule has 0 amide bonds. The zero-order valence-corrected chi connectivity index (χ0v) is 11.4. The number of rotatable bonds is 3. The van der Waals surface area contributed by atoms with Crippen LogP contribution in [0.25, 0.3) is 5.70 Å². The van der Waals surface area contributed by atoms with Crippen LogP contribution in [0.4, 0.5) is 0 Å². The first-order chi connectivity index (χ1) is 8.69. The first-order valence-corrected chi connectivity index (χ1v) is 6.32. The summed E-state index contributed by atoms with van der Waals surface area (Å²) in [5.74, 6) is 0. The van der Waals surface area contributed by atoms with E-state index in [0.29, 0.717) is 11.7 Å². The Morgan fingerprint density at radius 1 is 1.44 bits per heavy atom. The Labute approximate surface area is 116 Å². The van der Waals surface area contributed by atoms with Crippen LogP contribution in [0, 0.1) is 0 Å². The molecule has 0 saturated heterocycles. The van der Waals surface area contributed by atoms with E-state index in [-0.39, 0.29) is 6.10 Å². The van der Waals surface area contributed by atoms with Gasteiger partial charge in [0.05, 0.1) is 5.70 Å². The third-order valence-corrected chi connectivity index (χ3v) is 3.12. The molecule has 6 heteroatoms. The van der Waals surface area contributed by atoms with Crippen molar-refractivity contribution in [2.24, 2.45) is 0 Å². The molecule has 4 nitrogen and oxygen atoms in total. The lowest BCUT2D eigenvalue weighted by Crippen LogP contribution is -2.37. The molecule has 96 valence electrons. The molecule has 0 spiro atoms. The molecule has 0 aliphatic carbocycles. The number of hydrogen-bond acceptors (Lipinski definition) is 3. The van der Waals surface area contributed by atoms with Gasteiger partial charge >= 0.3 is 0 Å². The summed E-state index contributed by atoms with van der Waals surface area (Å²) in [6.45, 7) is 0.615. The number of benzene rings is 1. The SMILES string of the molecule is CNC(=S)NCC1C=C(c2ccc(Cl)cc2)NO1. The highest BCUT2D eigenvalue weighted by Crippen LogP contribution is 2.20. The van der Waals surface area contributed by atoms with Crippen molar-refractivity contribution in [2.45, 2.75) is 6.10 Å². The van der Waals surface area contributed by atoms with Crippen LogP contribution in [0.5, 0.6) is 0 Å². The highest BCUT2D eigenvalue weighted by atomic mass is 35.5. The minimum absolute atomic E-state index is 0.0537. The summed E-state index contributed by atoms with van der Waals surface area (Å²) in [4.78, 5) is 5.42. The Bertz CT molecular complexity index is 461. The second kappa shape index (κ2) is 6.04. The molecule has 1 heterocycles. The van der Waals surface area contributed by atoms with Crippen molar-refractivity contribution in [3.63, 3.8) is 0 Å². The number of halogens is 1. The van der Waals surface area contributed by atoms with Crippen molar-refractivity contribution in [3.8, 4) is 0 Å². The predicted molar refractivity (Wildman–Crippen MR) is 77.1 cm³/mol. The second-order valence-corrected chi connectivity index (χ2v) is 4.65. The summed E-state index contributed by atoms with van der Waals surface area (Å²) in [6.07, 6.45) is 1.95. The molecule has 0 saturated carbocycles. The largest absolute Gasteiger partial charge is 0.366 e. The van der Waals surface area contributed by atoms with Crippen LogP contribution >= 0.6 is 23.8 Å². The second-order valence-electron chi connectivity index (χ2n) is 3.81. The molecule has 1 aliphatic heterocycles. The maximum absolute atomic E-state index is 5.85. The first-order valence-electron chi connectivity index (χ1n) is 5.54. The van der Waals surface area contributed by atoms with E-state index in [1.54, 1.807) is 7.05 Å². The van der Waals surface area contributed by atoms with E-state index in [1.165, 1.54) is 0 Å². The fourth-order valence-corrected chi connectivity index (χ4v) is 1.77. The molecule has 0 fully saturated rings. The first kappa shape index (κ1) is 13.1. The Balaban J connectivity index is 1.95. The minimum atomic E-state index is -0.0537. The third-order valence-electron chi connectivity index (χ3n) is 2.52. The summed E-state index contributed by atoms with van der Waals surface area (Å²) >= 11 is 10.8. The topological polar surface area (TPSA) is 45.3 Å². The summed E-state index contributed by atoms with van der Waals surface area (Å²) in [6, 6.07) is 7.58.